The van der Waals surface area contributed by atoms with Crippen LogP contribution in [0.4, 0.5) is 23.4 Å². The highest BCUT2D eigenvalue weighted by atomic mass is 19.4. The Morgan fingerprint density at radius 1 is 1.21 bits per heavy atom. The molecular weight excluding hydrogens is 510 g/mol. The van der Waals surface area contributed by atoms with E-state index in [2.05, 4.69) is 16.5 Å². The van der Waals surface area contributed by atoms with Gasteiger partial charge in [-0.3, -0.25) is 0 Å². The Balaban J connectivity index is 1.54. The summed E-state index contributed by atoms with van der Waals surface area (Å²) in [6.07, 6.45) is 1.72. The van der Waals surface area contributed by atoms with E-state index in [0.29, 0.717) is 47.8 Å². The van der Waals surface area contributed by atoms with Crippen molar-refractivity contribution in [1.82, 2.24) is 19.7 Å². The lowest BCUT2D eigenvalue weighted by Gasteiger charge is -2.29. The Labute approximate surface area is 221 Å². The summed E-state index contributed by atoms with van der Waals surface area (Å²) in [5.74, 6) is -1.19. The molecule has 39 heavy (non-hydrogen) atoms. The highest BCUT2D eigenvalue weighted by Gasteiger charge is 2.35. The lowest BCUT2D eigenvalue weighted by Crippen LogP contribution is -2.32. The lowest BCUT2D eigenvalue weighted by molar-refractivity contribution is -0.138. The maximum Gasteiger partial charge on any atom is 0.417 e. The molecule has 5 heterocycles. The van der Waals surface area contributed by atoms with Crippen molar-refractivity contribution in [3.05, 3.63) is 106 Å². The molecule has 0 fully saturated rings. The molecule has 1 aromatic carbocycles. The number of H-pyrrole nitrogens is 1. The highest BCUT2D eigenvalue weighted by molar-refractivity contribution is 5.83. The van der Waals surface area contributed by atoms with E-state index >= 15 is 0 Å². The molecule has 2 aliphatic heterocycles. The summed E-state index contributed by atoms with van der Waals surface area (Å²) in [7, 11) is 0. The van der Waals surface area contributed by atoms with Gasteiger partial charge in [0.25, 0.3) is 0 Å². The zero-order valence-electron chi connectivity index (χ0n) is 21.3. The quantitative estimate of drug-likeness (QED) is 0.297. The fraction of sp³-hybridized carbons (Fsp3) is 0.241. The molecular formula is C29H25F4N5O. The minimum absolute atomic E-state index is 0.149. The number of benzene rings is 1. The van der Waals surface area contributed by atoms with Crippen LogP contribution in [-0.4, -0.2) is 31.4 Å². The van der Waals surface area contributed by atoms with Crippen molar-refractivity contribution in [3.8, 4) is 5.69 Å². The van der Waals surface area contributed by atoms with E-state index in [1.165, 1.54) is 0 Å². The minimum Gasteiger partial charge on any atom is -0.380 e. The molecule has 0 aliphatic carbocycles. The van der Waals surface area contributed by atoms with Crippen molar-refractivity contribution in [1.29, 1.82) is 0 Å². The van der Waals surface area contributed by atoms with Crippen LogP contribution in [-0.2, 0) is 24.7 Å². The van der Waals surface area contributed by atoms with E-state index < -0.39 is 23.2 Å². The summed E-state index contributed by atoms with van der Waals surface area (Å²) in [5.41, 5.74) is 4.26. The van der Waals surface area contributed by atoms with Gasteiger partial charge in [0.1, 0.15) is 5.60 Å². The summed E-state index contributed by atoms with van der Waals surface area (Å²) in [5, 5.41) is 16.3. The van der Waals surface area contributed by atoms with Crippen LogP contribution in [0.15, 0.2) is 55.4 Å². The summed E-state index contributed by atoms with van der Waals surface area (Å²) in [6.45, 7) is 8.56. The molecule has 2 N–H and O–H groups in total. The normalized spacial score (nSPS) is 19.7. The van der Waals surface area contributed by atoms with Gasteiger partial charge < -0.3 is 15.0 Å². The predicted molar refractivity (Wildman–Crippen MR) is 140 cm³/mol. The average molecular weight is 536 g/mol. The van der Waals surface area contributed by atoms with Gasteiger partial charge in [0.05, 0.1) is 28.3 Å². The number of pyridine rings is 1. The van der Waals surface area contributed by atoms with Gasteiger partial charge in [0, 0.05) is 54.2 Å². The molecule has 0 amide bonds. The first-order valence-electron chi connectivity index (χ1n) is 12.4. The molecule has 1 atom stereocenters. The molecule has 6 rings (SSSR count). The second-order valence-corrected chi connectivity index (χ2v) is 10.1. The first-order chi connectivity index (χ1) is 18.5. The number of aromatic nitrogens is 4. The highest BCUT2D eigenvalue weighted by Crippen LogP contribution is 2.40. The molecule has 1 unspecified atom stereocenters. The third-order valence-electron chi connectivity index (χ3n) is 7.42. The number of rotatable bonds is 1. The molecule has 0 spiro atoms. The number of fused-ring (bicyclic) bond motifs is 6. The Kier molecular flexibility index (Phi) is 5.58. The summed E-state index contributed by atoms with van der Waals surface area (Å²) >= 11 is 0. The Morgan fingerprint density at radius 2 is 2.00 bits per heavy atom. The third kappa shape index (κ3) is 4.06. The van der Waals surface area contributed by atoms with E-state index in [0.717, 1.165) is 28.1 Å². The minimum atomic E-state index is -4.69. The van der Waals surface area contributed by atoms with Gasteiger partial charge in [-0.2, -0.15) is 18.3 Å². The number of aromatic amines is 1. The van der Waals surface area contributed by atoms with Crippen molar-refractivity contribution in [2.24, 2.45) is 0 Å². The van der Waals surface area contributed by atoms with Crippen LogP contribution in [0.2, 0.25) is 0 Å². The predicted octanol–water partition coefficient (Wildman–Crippen LogP) is 5.92. The lowest BCUT2D eigenvalue weighted by atomic mass is 9.90. The molecule has 4 aromatic rings. The first-order valence-corrected chi connectivity index (χ1v) is 12.4. The van der Waals surface area contributed by atoms with E-state index in [4.69, 9.17) is 5.10 Å². The second kappa shape index (κ2) is 8.67. The van der Waals surface area contributed by atoms with Crippen LogP contribution in [0.25, 0.3) is 17.3 Å². The van der Waals surface area contributed by atoms with Gasteiger partial charge in [-0.05, 0) is 37.6 Å². The Hall–Kier alpha value is -4.18. The number of aryl methyl sites for hydroxylation is 1. The summed E-state index contributed by atoms with van der Waals surface area (Å²) in [4.78, 5) is 8.61. The number of aliphatic hydroxyl groups is 1. The number of para-hydroxylation sites is 1. The van der Waals surface area contributed by atoms with Crippen LogP contribution in [0.5, 0.6) is 0 Å². The average Bonchev–Trinajstić information content (AvgIpc) is 3.52. The van der Waals surface area contributed by atoms with E-state index in [-0.39, 0.29) is 12.4 Å². The molecule has 0 saturated heterocycles. The Bertz CT molecular complexity index is 1660. The fourth-order valence-corrected chi connectivity index (χ4v) is 5.45. The standard InChI is InChI=1S/C29H25F4N5O/c1-16-5-4-6-18-7-10-28(3,39)26-20(8-11-34-26)17(2)25-21-15-37(12-9-23(21)36-38(25)24(16)18)27-22(30)13-19(14-35-27)29(31,32)33/h4-8,10-11,13-14,34,39H,2,9,12,15H2,1,3H3/b10-7+. The molecule has 200 valence electrons. The molecule has 0 bridgehead atoms. The van der Waals surface area contributed by atoms with E-state index in [9.17, 15) is 22.7 Å². The smallest absolute Gasteiger partial charge is 0.380 e. The second-order valence-electron chi connectivity index (χ2n) is 10.1. The van der Waals surface area contributed by atoms with Crippen molar-refractivity contribution < 1.29 is 22.7 Å². The number of anilines is 1. The van der Waals surface area contributed by atoms with Gasteiger partial charge in [-0.15, -0.1) is 0 Å². The topological polar surface area (TPSA) is 70.0 Å². The van der Waals surface area contributed by atoms with Crippen LogP contribution in [0.1, 0.15) is 51.8 Å². The maximum absolute atomic E-state index is 14.9. The van der Waals surface area contributed by atoms with Gasteiger partial charge in [0.2, 0.25) is 0 Å². The SMILES string of the molecule is C=C1c2cc[nH]c2C(C)(O)/C=C/c2cccc(C)c2-n2nc3c(c21)CN(c1ncc(C(F)(F)F)cc1F)CC3. The van der Waals surface area contributed by atoms with Gasteiger partial charge >= 0.3 is 6.18 Å². The van der Waals surface area contributed by atoms with Crippen LogP contribution in [0.3, 0.4) is 0 Å². The monoisotopic (exact) mass is 535 g/mol. The summed E-state index contributed by atoms with van der Waals surface area (Å²) in [6, 6.07) is 8.15. The zero-order valence-corrected chi connectivity index (χ0v) is 21.3. The number of hydrogen-bond acceptors (Lipinski definition) is 4. The number of alkyl halides is 3. The van der Waals surface area contributed by atoms with E-state index in [1.807, 2.05) is 41.9 Å². The number of nitrogens with zero attached hydrogens (tertiary/aromatic N) is 4. The van der Waals surface area contributed by atoms with Gasteiger partial charge in [-0.1, -0.05) is 30.9 Å². The van der Waals surface area contributed by atoms with Crippen molar-refractivity contribution in [2.75, 3.05) is 11.4 Å². The number of hydrogen-bond donors (Lipinski definition) is 2. The van der Waals surface area contributed by atoms with Crippen LogP contribution < -0.4 is 4.90 Å². The Morgan fingerprint density at radius 3 is 2.74 bits per heavy atom. The maximum atomic E-state index is 14.9. The molecule has 10 heteroatoms. The van der Waals surface area contributed by atoms with Crippen molar-refractivity contribution in [3.63, 3.8) is 0 Å². The molecule has 0 radical (unpaired) electrons. The number of halogens is 4. The van der Waals surface area contributed by atoms with Crippen molar-refractivity contribution in [2.45, 2.75) is 38.6 Å². The van der Waals surface area contributed by atoms with Gasteiger partial charge in [-0.25, -0.2) is 14.1 Å². The van der Waals surface area contributed by atoms with Gasteiger partial charge in [0.15, 0.2) is 11.6 Å². The first kappa shape index (κ1) is 25.1. The zero-order chi connectivity index (χ0) is 27.7. The van der Waals surface area contributed by atoms with Crippen LogP contribution in [0, 0.1) is 12.7 Å². The molecule has 6 nitrogen and oxygen atoms in total. The van der Waals surface area contributed by atoms with Crippen molar-refractivity contribution >= 4 is 17.5 Å². The molecule has 0 saturated carbocycles. The van der Waals surface area contributed by atoms with Crippen LogP contribution >= 0.6 is 0 Å². The van der Waals surface area contributed by atoms with E-state index in [1.54, 1.807) is 24.1 Å². The summed E-state index contributed by atoms with van der Waals surface area (Å²) < 4.78 is 56.1. The number of nitrogens with one attached hydrogen (secondary N) is 1. The fourth-order valence-electron chi connectivity index (χ4n) is 5.45. The molecule has 3 aromatic heterocycles. The largest absolute Gasteiger partial charge is 0.417 e. The molecule has 2 aliphatic rings. The third-order valence-corrected chi connectivity index (χ3v) is 7.42.